The highest BCUT2D eigenvalue weighted by molar-refractivity contribution is 4.74. The lowest BCUT2D eigenvalue weighted by atomic mass is 10.2. The van der Waals surface area contributed by atoms with Crippen LogP contribution in [0.3, 0.4) is 0 Å². The molecule has 0 radical (unpaired) electrons. The zero-order valence-corrected chi connectivity index (χ0v) is 9.05. The van der Waals surface area contributed by atoms with E-state index in [-0.39, 0.29) is 0 Å². The van der Waals surface area contributed by atoms with Crippen LogP contribution in [0.1, 0.15) is 20.3 Å². The second-order valence-electron chi connectivity index (χ2n) is 3.97. The molecule has 1 saturated heterocycles. The Morgan fingerprint density at radius 1 is 1.54 bits per heavy atom. The minimum atomic E-state index is 0.434. The monoisotopic (exact) mass is 186 g/mol. The Kier molecular flexibility index (Phi) is 4.70. The van der Waals surface area contributed by atoms with Gasteiger partial charge in [0.2, 0.25) is 0 Å². The van der Waals surface area contributed by atoms with Crippen molar-refractivity contribution in [2.75, 3.05) is 33.3 Å². The van der Waals surface area contributed by atoms with Gasteiger partial charge in [-0.25, -0.2) is 0 Å². The number of hydrogen-bond acceptors (Lipinski definition) is 3. The standard InChI is InChI=1S/C10H22N2O/c1-9(2)12-6-7-13-10(8-12)4-5-11-3/h9-11H,4-8H2,1-3H3/t10-/m1/s1. The first-order valence-electron chi connectivity index (χ1n) is 5.24. The minimum absolute atomic E-state index is 0.434. The van der Waals surface area contributed by atoms with E-state index in [9.17, 15) is 0 Å². The molecule has 1 N–H and O–H groups in total. The molecule has 0 aromatic heterocycles. The van der Waals surface area contributed by atoms with E-state index in [0.717, 1.165) is 32.7 Å². The lowest BCUT2D eigenvalue weighted by Crippen LogP contribution is -2.46. The third-order valence-corrected chi connectivity index (χ3v) is 2.62. The minimum Gasteiger partial charge on any atom is -0.376 e. The summed E-state index contributed by atoms with van der Waals surface area (Å²) in [5.41, 5.74) is 0. The van der Waals surface area contributed by atoms with Gasteiger partial charge in [0.25, 0.3) is 0 Å². The van der Waals surface area contributed by atoms with Gasteiger partial charge in [-0.2, -0.15) is 0 Å². The maximum atomic E-state index is 5.68. The SMILES string of the molecule is CNCC[C@@H]1CN(C(C)C)CCO1. The van der Waals surface area contributed by atoms with Crippen molar-refractivity contribution in [3.05, 3.63) is 0 Å². The molecule has 1 aliphatic rings. The third-order valence-electron chi connectivity index (χ3n) is 2.62. The second-order valence-corrected chi connectivity index (χ2v) is 3.97. The number of rotatable bonds is 4. The zero-order valence-electron chi connectivity index (χ0n) is 9.05. The molecule has 78 valence electrons. The van der Waals surface area contributed by atoms with Crippen LogP contribution in [0.5, 0.6) is 0 Å². The number of morpholine rings is 1. The molecule has 1 fully saturated rings. The zero-order chi connectivity index (χ0) is 9.68. The molecule has 0 bridgehead atoms. The first-order chi connectivity index (χ1) is 6.24. The Morgan fingerprint density at radius 3 is 2.92 bits per heavy atom. The third kappa shape index (κ3) is 3.63. The fourth-order valence-electron chi connectivity index (χ4n) is 1.69. The highest BCUT2D eigenvalue weighted by Crippen LogP contribution is 2.10. The lowest BCUT2D eigenvalue weighted by Gasteiger charge is -2.35. The van der Waals surface area contributed by atoms with Gasteiger partial charge in [0.1, 0.15) is 0 Å². The predicted octanol–water partition coefficient (Wildman–Crippen LogP) is 0.705. The van der Waals surface area contributed by atoms with Gasteiger partial charge in [0.15, 0.2) is 0 Å². The van der Waals surface area contributed by atoms with Crippen molar-refractivity contribution in [2.45, 2.75) is 32.4 Å². The fraction of sp³-hybridized carbons (Fsp3) is 1.00. The molecule has 0 saturated carbocycles. The van der Waals surface area contributed by atoms with Crippen molar-refractivity contribution in [3.8, 4) is 0 Å². The molecule has 1 aliphatic heterocycles. The van der Waals surface area contributed by atoms with Crippen molar-refractivity contribution in [2.24, 2.45) is 0 Å². The summed E-state index contributed by atoms with van der Waals surface area (Å²) in [6.07, 6.45) is 1.56. The van der Waals surface area contributed by atoms with Crippen LogP contribution in [-0.2, 0) is 4.74 Å². The molecule has 1 atom stereocenters. The van der Waals surface area contributed by atoms with Gasteiger partial charge in [0.05, 0.1) is 12.7 Å². The van der Waals surface area contributed by atoms with E-state index in [1.54, 1.807) is 0 Å². The summed E-state index contributed by atoms with van der Waals surface area (Å²) in [5.74, 6) is 0. The van der Waals surface area contributed by atoms with Gasteiger partial charge in [-0.15, -0.1) is 0 Å². The molecule has 0 unspecified atom stereocenters. The number of nitrogens with zero attached hydrogens (tertiary/aromatic N) is 1. The van der Waals surface area contributed by atoms with Gasteiger partial charge in [-0.1, -0.05) is 0 Å². The van der Waals surface area contributed by atoms with Crippen LogP contribution in [0.4, 0.5) is 0 Å². The van der Waals surface area contributed by atoms with Crippen molar-refractivity contribution in [1.82, 2.24) is 10.2 Å². The second kappa shape index (κ2) is 5.58. The molecule has 1 heterocycles. The highest BCUT2D eigenvalue weighted by Gasteiger charge is 2.21. The summed E-state index contributed by atoms with van der Waals surface area (Å²) in [7, 11) is 1.99. The van der Waals surface area contributed by atoms with Crippen molar-refractivity contribution >= 4 is 0 Å². The summed E-state index contributed by atoms with van der Waals surface area (Å²) in [4.78, 5) is 2.49. The highest BCUT2D eigenvalue weighted by atomic mass is 16.5. The van der Waals surface area contributed by atoms with Crippen LogP contribution in [0.25, 0.3) is 0 Å². The number of ether oxygens (including phenoxy) is 1. The summed E-state index contributed by atoms with van der Waals surface area (Å²) in [6, 6.07) is 0.654. The molecule has 0 amide bonds. The summed E-state index contributed by atoms with van der Waals surface area (Å²) < 4.78 is 5.68. The Labute approximate surface area is 81.4 Å². The van der Waals surface area contributed by atoms with E-state index in [2.05, 4.69) is 24.1 Å². The van der Waals surface area contributed by atoms with Gasteiger partial charge < -0.3 is 10.1 Å². The Bertz CT molecular complexity index is 139. The number of hydrogen-bond donors (Lipinski definition) is 1. The predicted molar refractivity (Wildman–Crippen MR) is 55.0 cm³/mol. The molecular formula is C10H22N2O. The van der Waals surface area contributed by atoms with E-state index >= 15 is 0 Å². The topological polar surface area (TPSA) is 24.5 Å². The molecule has 13 heavy (non-hydrogen) atoms. The molecule has 0 aliphatic carbocycles. The van der Waals surface area contributed by atoms with Gasteiger partial charge in [0, 0.05) is 19.1 Å². The molecule has 0 aromatic rings. The maximum Gasteiger partial charge on any atom is 0.0714 e. The van der Waals surface area contributed by atoms with Crippen LogP contribution in [-0.4, -0.2) is 50.3 Å². The molecule has 3 nitrogen and oxygen atoms in total. The number of nitrogens with one attached hydrogen (secondary N) is 1. The van der Waals surface area contributed by atoms with E-state index in [1.165, 1.54) is 0 Å². The largest absolute Gasteiger partial charge is 0.376 e. The molecule has 1 rings (SSSR count). The molecule has 0 aromatic carbocycles. The van der Waals surface area contributed by atoms with Gasteiger partial charge in [-0.05, 0) is 33.9 Å². The summed E-state index contributed by atoms with van der Waals surface area (Å²) in [6.45, 7) is 8.64. The Balaban J connectivity index is 2.25. The maximum absolute atomic E-state index is 5.68. The smallest absolute Gasteiger partial charge is 0.0714 e. The van der Waals surface area contributed by atoms with E-state index in [0.29, 0.717) is 12.1 Å². The molecular weight excluding hydrogens is 164 g/mol. The van der Waals surface area contributed by atoms with Crippen LogP contribution >= 0.6 is 0 Å². The fourth-order valence-corrected chi connectivity index (χ4v) is 1.69. The lowest BCUT2D eigenvalue weighted by molar-refractivity contribution is -0.0412. The van der Waals surface area contributed by atoms with Crippen LogP contribution in [0, 0.1) is 0 Å². The average molecular weight is 186 g/mol. The van der Waals surface area contributed by atoms with Crippen molar-refractivity contribution in [1.29, 1.82) is 0 Å². The van der Waals surface area contributed by atoms with Crippen molar-refractivity contribution in [3.63, 3.8) is 0 Å². The Hall–Kier alpha value is -0.120. The quantitative estimate of drug-likeness (QED) is 0.699. The van der Waals surface area contributed by atoms with E-state index < -0.39 is 0 Å². The van der Waals surface area contributed by atoms with Gasteiger partial charge >= 0.3 is 0 Å². The Morgan fingerprint density at radius 2 is 2.31 bits per heavy atom. The summed E-state index contributed by atoms with van der Waals surface area (Å²) >= 11 is 0. The van der Waals surface area contributed by atoms with Crippen LogP contribution in [0.15, 0.2) is 0 Å². The molecule has 0 spiro atoms. The van der Waals surface area contributed by atoms with E-state index in [4.69, 9.17) is 4.74 Å². The molecule has 3 heteroatoms. The van der Waals surface area contributed by atoms with Crippen molar-refractivity contribution < 1.29 is 4.74 Å². The van der Waals surface area contributed by atoms with Crippen LogP contribution in [0.2, 0.25) is 0 Å². The first-order valence-corrected chi connectivity index (χ1v) is 5.24. The van der Waals surface area contributed by atoms with Gasteiger partial charge in [-0.3, -0.25) is 4.90 Å². The summed E-state index contributed by atoms with van der Waals surface area (Å²) in [5, 5.41) is 3.16. The normalized spacial score (nSPS) is 25.4. The average Bonchev–Trinajstić information content (AvgIpc) is 2.15. The van der Waals surface area contributed by atoms with Crippen LogP contribution < -0.4 is 5.32 Å². The first kappa shape index (κ1) is 11.0. The van der Waals surface area contributed by atoms with E-state index in [1.807, 2.05) is 7.05 Å².